The highest BCUT2D eigenvalue weighted by atomic mass is 19.3. The van der Waals surface area contributed by atoms with Gasteiger partial charge in [-0.15, -0.1) is 0 Å². The second-order valence-corrected chi connectivity index (χ2v) is 6.22. The molecule has 0 N–H and O–H groups in total. The number of nitrogens with zero attached hydrogens (tertiary/aromatic N) is 4. The van der Waals surface area contributed by atoms with Gasteiger partial charge in [0.2, 0.25) is 0 Å². The maximum atomic E-state index is 13.1. The molecule has 28 heavy (non-hydrogen) atoms. The van der Waals surface area contributed by atoms with E-state index in [4.69, 9.17) is 0 Å². The number of halogens is 2. The van der Waals surface area contributed by atoms with Crippen LogP contribution >= 0.6 is 0 Å². The monoisotopic (exact) mass is 382 g/mol. The molecule has 0 saturated carbocycles. The zero-order chi connectivity index (χ0) is 19.8. The fourth-order valence-electron chi connectivity index (χ4n) is 3.39. The quantitative estimate of drug-likeness (QED) is 0.539. The predicted molar refractivity (Wildman–Crippen MR) is 101 cm³/mol. The number of aryl methyl sites for hydroxylation is 2. The number of hydrogen-bond donors (Lipinski definition) is 0. The Morgan fingerprint density at radius 1 is 1.07 bits per heavy atom. The van der Waals surface area contributed by atoms with Gasteiger partial charge in [0.1, 0.15) is 5.75 Å². The fourth-order valence-corrected chi connectivity index (χ4v) is 3.39. The fraction of sp³-hybridized carbons (Fsp3) is 0.150. The Bertz CT molecular complexity index is 1220. The molecule has 0 bridgehead atoms. The van der Waals surface area contributed by atoms with E-state index in [0.29, 0.717) is 28.0 Å². The van der Waals surface area contributed by atoms with Crippen molar-refractivity contribution < 1.29 is 13.5 Å². The van der Waals surface area contributed by atoms with E-state index in [1.165, 1.54) is 16.8 Å². The molecular formula is C20H16F2N4O2. The van der Waals surface area contributed by atoms with Gasteiger partial charge in [0.05, 0.1) is 11.6 Å². The van der Waals surface area contributed by atoms with E-state index in [2.05, 4.69) is 14.8 Å². The zero-order valence-corrected chi connectivity index (χ0v) is 15.1. The molecule has 0 radical (unpaired) electrons. The number of benzene rings is 1. The van der Waals surface area contributed by atoms with Crippen molar-refractivity contribution in [1.29, 1.82) is 0 Å². The minimum absolute atomic E-state index is 0.0491. The summed E-state index contributed by atoms with van der Waals surface area (Å²) in [6, 6.07) is 11.6. The molecule has 8 heteroatoms. The molecule has 3 aromatic heterocycles. The van der Waals surface area contributed by atoms with E-state index < -0.39 is 6.61 Å². The van der Waals surface area contributed by atoms with Crippen LogP contribution in [0.25, 0.3) is 22.3 Å². The van der Waals surface area contributed by atoms with Crippen molar-refractivity contribution in [3.63, 3.8) is 0 Å². The molecule has 0 aliphatic rings. The summed E-state index contributed by atoms with van der Waals surface area (Å²) in [5.41, 5.74) is 1.78. The lowest BCUT2D eigenvalue weighted by Crippen LogP contribution is -2.21. The number of fused-ring (bicyclic) bond motifs is 1. The van der Waals surface area contributed by atoms with E-state index in [0.717, 1.165) is 5.69 Å². The lowest BCUT2D eigenvalue weighted by molar-refractivity contribution is -0.0498. The van der Waals surface area contributed by atoms with Crippen LogP contribution in [0.1, 0.15) is 11.4 Å². The Morgan fingerprint density at radius 2 is 1.89 bits per heavy atom. The standard InChI is InChI=1S/C20H16F2N4O2/c1-12-16-11-24-26(17-8-3-4-9-23-17)19(27)18(16)13(2)25(12)14-6-5-7-15(10-14)28-20(21)22/h3-11,20H,1-2H3. The van der Waals surface area contributed by atoms with E-state index in [1.54, 1.807) is 49.6 Å². The lowest BCUT2D eigenvalue weighted by Gasteiger charge is -2.11. The van der Waals surface area contributed by atoms with E-state index in [-0.39, 0.29) is 11.3 Å². The SMILES string of the molecule is Cc1c2cnn(-c3ccccn3)c(=O)c2c(C)n1-c1cccc(OC(F)F)c1. The van der Waals surface area contributed by atoms with Crippen LogP contribution in [0, 0.1) is 13.8 Å². The first-order valence-electron chi connectivity index (χ1n) is 8.54. The Hall–Kier alpha value is -3.55. The Balaban J connectivity index is 1.92. The van der Waals surface area contributed by atoms with Gasteiger partial charge < -0.3 is 9.30 Å². The van der Waals surface area contributed by atoms with Gasteiger partial charge in [-0.05, 0) is 38.1 Å². The third-order valence-corrected chi connectivity index (χ3v) is 4.57. The largest absolute Gasteiger partial charge is 0.435 e. The summed E-state index contributed by atoms with van der Waals surface area (Å²) < 4.78 is 32.7. The summed E-state index contributed by atoms with van der Waals surface area (Å²) in [5.74, 6) is 0.472. The first kappa shape index (κ1) is 17.8. The second-order valence-electron chi connectivity index (χ2n) is 6.22. The highest BCUT2D eigenvalue weighted by Gasteiger charge is 2.18. The van der Waals surface area contributed by atoms with Crippen molar-refractivity contribution in [1.82, 2.24) is 19.3 Å². The first-order chi connectivity index (χ1) is 13.5. The summed E-state index contributed by atoms with van der Waals surface area (Å²) >= 11 is 0. The van der Waals surface area contributed by atoms with Crippen LogP contribution in [0.4, 0.5) is 8.78 Å². The Labute approximate surface area is 158 Å². The maximum Gasteiger partial charge on any atom is 0.387 e. The van der Waals surface area contributed by atoms with Gasteiger partial charge in [-0.2, -0.15) is 18.6 Å². The molecule has 1 aromatic carbocycles. The number of rotatable bonds is 4. The summed E-state index contributed by atoms with van der Waals surface area (Å²) in [4.78, 5) is 17.3. The molecular weight excluding hydrogens is 366 g/mol. The van der Waals surface area contributed by atoms with Gasteiger partial charge in [-0.3, -0.25) is 4.79 Å². The molecule has 0 aliphatic carbocycles. The molecule has 6 nitrogen and oxygen atoms in total. The van der Waals surface area contributed by atoms with Crippen molar-refractivity contribution in [2.45, 2.75) is 20.5 Å². The van der Waals surface area contributed by atoms with Crippen molar-refractivity contribution in [3.8, 4) is 17.3 Å². The van der Waals surface area contributed by atoms with Crippen molar-refractivity contribution in [3.05, 3.63) is 76.6 Å². The average Bonchev–Trinajstić information content (AvgIpc) is 2.93. The van der Waals surface area contributed by atoms with E-state index in [1.807, 2.05) is 11.5 Å². The number of alkyl halides is 2. The highest BCUT2D eigenvalue weighted by molar-refractivity contribution is 5.88. The summed E-state index contributed by atoms with van der Waals surface area (Å²) in [6.45, 7) is 0.749. The molecule has 0 amide bonds. The van der Waals surface area contributed by atoms with Crippen LogP contribution < -0.4 is 10.3 Å². The summed E-state index contributed by atoms with van der Waals surface area (Å²) in [7, 11) is 0. The molecule has 0 unspecified atom stereocenters. The zero-order valence-electron chi connectivity index (χ0n) is 15.1. The predicted octanol–water partition coefficient (Wildman–Crippen LogP) is 3.79. The van der Waals surface area contributed by atoms with Crippen LogP contribution in [-0.4, -0.2) is 25.9 Å². The molecule has 0 saturated heterocycles. The van der Waals surface area contributed by atoms with Gasteiger partial charge in [0, 0.05) is 34.7 Å². The van der Waals surface area contributed by atoms with Gasteiger partial charge in [-0.1, -0.05) is 12.1 Å². The molecule has 4 rings (SSSR count). The number of pyridine rings is 1. The van der Waals surface area contributed by atoms with Crippen molar-refractivity contribution in [2.75, 3.05) is 0 Å². The summed E-state index contributed by atoms with van der Waals surface area (Å²) in [6.07, 6.45) is 3.20. The average molecular weight is 382 g/mol. The van der Waals surface area contributed by atoms with E-state index in [9.17, 15) is 13.6 Å². The second kappa shape index (κ2) is 6.88. The van der Waals surface area contributed by atoms with Crippen LogP contribution in [0.5, 0.6) is 5.75 Å². The highest BCUT2D eigenvalue weighted by Crippen LogP contribution is 2.28. The van der Waals surface area contributed by atoms with Crippen LogP contribution in [0.15, 0.2) is 59.7 Å². The molecule has 3 heterocycles. The lowest BCUT2D eigenvalue weighted by atomic mass is 10.2. The van der Waals surface area contributed by atoms with Crippen molar-refractivity contribution >= 4 is 10.8 Å². The third kappa shape index (κ3) is 2.92. The number of hydrogen-bond acceptors (Lipinski definition) is 4. The number of ether oxygens (including phenoxy) is 1. The van der Waals surface area contributed by atoms with Gasteiger partial charge in [0.25, 0.3) is 5.56 Å². The van der Waals surface area contributed by atoms with Crippen LogP contribution in [0.3, 0.4) is 0 Å². The van der Waals surface area contributed by atoms with Gasteiger partial charge in [-0.25, -0.2) is 4.98 Å². The smallest absolute Gasteiger partial charge is 0.387 e. The number of aromatic nitrogens is 4. The van der Waals surface area contributed by atoms with Gasteiger partial charge in [0.15, 0.2) is 5.82 Å². The maximum absolute atomic E-state index is 13.1. The molecule has 0 fully saturated rings. The van der Waals surface area contributed by atoms with Crippen LogP contribution in [0.2, 0.25) is 0 Å². The Morgan fingerprint density at radius 3 is 2.61 bits per heavy atom. The van der Waals surface area contributed by atoms with E-state index >= 15 is 0 Å². The molecule has 4 aromatic rings. The van der Waals surface area contributed by atoms with Crippen LogP contribution in [-0.2, 0) is 0 Å². The molecule has 0 aliphatic heterocycles. The molecule has 0 spiro atoms. The normalized spacial score (nSPS) is 11.3. The third-order valence-electron chi connectivity index (χ3n) is 4.57. The molecule has 142 valence electrons. The topological polar surface area (TPSA) is 61.9 Å². The van der Waals surface area contributed by atoms with Gasteiger partial charge >= 0.3 is 6.61 Å². The first-order valence-corrected chi connectivity index (χ1v) is 8.54. The minimum Gasteiger partial charge on any atom is -0.435 e. The summed E-state index contributed by atoms with van der Waals surface area (Å²) in [5, 5.41) is 5.44. The van der Waals surface area contributed by atoms with Crippen molar-refractivity contribution in [2.24, 2.45) is 0 Å². The minimum atomic E-state index is -2.91. The molecule has 0 atom stereocenters. The Kier molecular flexibility index (Phi) is 4.38.